The molecule has 2 bridgehead atoms. The van der Waals surface area contributed by atoms with E-state index in [1.54, 1.807) is 0 Å². The molecule has 1 saturated heterocycles. The molecule has 10 heteroatoms. The van der Waals surface area contributed by atoms with Gasteiger partial charge in [0.25, 0.3) is 0 Å². The number of ether oxygens (including phenoxy) is 1. The van der Waals surface area contributed by atoms with Crippen LogP contribution in [0.4, 0.5) is 5.69 Å². The smallest absolute Gasteiger partial charge is 0.243 e. The first-order chi connectivity index (χ1) is 14.0. The van der Waals surface area contributed by atoms with Crippen LogP contribution in [0.2, 0.25) is 0 Å². The standard InChI is InChI=1S/C20H28N2O6S2/c1-19(2)15-7-8-20(19,18(23)13-15)14-29(24,25)21-16-3-5-17(6-4-16)30(26,27)22-9-11-28-12-10-22/h3-6,15,21H,7-14H2,1-2H3/t15-,20-/m1/s1. The van der Waals surface area contributed by atoms with Crippen LogP contribution in [0.25, 0.3) is 0 Å². The molecule has 1 aliphatic heterocycles. The molecule has 0 spiro atoms. The van der Waals surface area contributed by atoms with Gasteiger partial charge in [0.2, 0.25) is 20.0 Å². The van der Waals surface area contributed by atoms with Crippen LogP contribution >= 0.6 is 0 Å². The molecule has 0 aromatic heterocycles. The predicted molar refractivity (Wildman–Crippen MR) is 112 cm³/mol. The number of sulfonamides is 2. The zero-order chi connectivity index (χ0) is 21.8. The lowest BCUT2D eigenvalue weighted by Gasteiger charge is -2.36. The Hall–Kier alpha value is -1.49. The van der Waals surface area contributed by atoms with Crippen molar-refractivity contribution in [3.05, 3.63) is 24.3 Å². The Balaban J connectivity index is 1.50. The minimum absolute atomic E-state index is 0.0427. The molecular formula is C20H28N2O6S2. The topological polar surface area (TPSA) is 110 Å². The van der Waals surface area contributed by atoms with E-state index in [-0.39, 0.29) is 33.5 Å². The summed E-state index contributed by atoms with van der Waals surface area (Å²) in [5.41, 5.74) is -0.900. The van der Waals surface area contributed by atoms with Crippen LogP contribution in [-0.4, -0.2) is 59.0 Å². The van der Waals surface area contributed by atoms with Crippen molar-refractivity contribution in [2.45, 2.75) is 38.0 Å². The second-order valence-electron chi connectivity index (χ2n) is 9.07. The average Bonchev–Trinajstić information content (AvgIpc) is 3.02. The first kappa shape index (κ1) is 21.7. The van der Waals surface area contributed by atoms with Gasteiger partial charge in [-0.1, -0.05) is 13.8 Å². The SMILES string of the molecule is CC1(C)[C@@H]2CC[C@@]1(CS(=O)(=O)Nc1ccc(S(=O)(=O)N3CCOCC3)cc1)C(=O)C2. The summed E-state index contributed by atoms with van der Waals surface area (Å²) in [6.45, 7) is 5.30. The molecule has 30 heavy (non-hydrogen) atoms. The first-order valence-electron chi connectivity index (χ1n) is 10.2. The van der Waals surface area contributed by atoms with Gasteiger partial charge in [-0.3, -0.25) is 9.52 Å². The highest BCUT2D eigenvalue weighted by molar-refractivity contribution is 7.92. The monoisotopic (exact) mass is 456 g/mol. The molecule has 1 heterocycles. The summed E-state index contributed by atoms with van der Waals surface area (Å²) in [5, 5.41) is 0. The van der Waals surface area contributed by atoms with Crippen molar-refractivity contribution in [1.29, 1.82) is 0 Å². The fourth-order valence-corrected chi connectivity index (χ4v) is 8.58. The van der Waals surface area contributed by atoms with Crippen molar-refractivity contribution in [2.24, 2.45) is 16.7 Å². The Labute approximate surface area is 178 Å². The van der Waals surface area contributed by atoms with E-state index in [9.17, 15) is 21.6 Å². The number of morpholine rings is 1. The second kappa shape index (κ2) is 7.29. The van der Waals surface area contributed by atoms with E-state index in [1.165, 1.54) is 28.6 Å². The molecule has 0 radical (unpaired) electrons. The molecule has 4 rings (SSSR count). The van der Waals surface area contributed by atoms with E-state index in [0.717, 1.165) is 6.42 Å². The molecule has 1 N–H and O–H groups in total. The molecule has 166 valence electrons. The van der Waals surface area contributed by atoms with Gasteiger partial charge >= 0.3 is 0 Å². The van der Waals surface area contributed by atoms with E-state index < -0.39 is 25.5 Å². The number of Topliss-reactive ketones (excluding diaryl/α,β-unsaturated/α-hetero) is 1. The summed E-state index contributed by atoms with van der Waals surface area (Å²) in [4.78, 5) is 12.7. The maximum absolute atomic E-state index is 12.9. The third kappa shape index (κ3) is 3.47. The summed E-state index contributed by atoms with van der Waals surface area (Å²) in [5.74, 6) is 0.0434. The highest BCUT2D eigenvalue weighted by atomic mass is 32.2. The first-order valence-corrected chi connectivity index (χ1v) is 13.3. The normalized spacial score (nSPS) is 29.3. The van der Waals surface area contributed by atoms with Gasteiger partial charge in [-0.2, -0.15) is 4.31 Å². The molecule has 2 atom stereocenters. The molecule has 0 unspecified atom stereocenters. The minimum atomic E-state index is -3.78. The fourth-order valence-electron chi connectivity index (χ4n) is 5.28. The van der Waals surface area contributed by atoms with Gasteiger partial charge in [0.15, 0.2) is 0 Å². The number of anilines is 1. The van der Waals surface area contributed by atoms with Gasteiger partial charge in [0.1, 0.15) is 5.78 Å². The quantitative estimate of drug-likeness (QED) is 0.700. The largest absolute Gasteiger partial charge is 0.379 e. The number of benzene rings is 1. The summed E-state index contributed by atoms with van der Waals surface area (Å²) >= 11 is 0. The molecular weight excluding hydrogens is 428 g/mol. The number of hydrogen-bond acceptors (Lipinski definition) is 6. The summed E-state index contributed by atoms with van der Waals surface area (Å²) in [7, 11) is -7.42. The van der Waals surface area contributed by atoms with Crippen molar-refractivity contribution < 1.29 is 26.4 Å². The van der Waals surface area contributed by atoms with E-state index in [2.05, 4.69) is 4.72 Å². The zero-order valence-electron chi connectivity index (χ0n) is 17.3. The molecule has 2 saturated carbocycles. The van der Waals surface area contributed by atoms with Gasteiger partial charge in [-0.15, -0.1) is 0 Å². The van der Waals surface area contributed by atoms with Gasteiger partial charge in [0.05, 0.1) is 29.3 Å². The summed E-state index contributed by atoms with van der Waals surface area (Å²) < 4.78 is 60.3. The Kier molecular flexibility index (Phi) is 5.28. The average molecular weight is 457 g/mol. The molecule has 1 aromatic rings. The number of fused-ring (bicyclic) bond motifs is 2. The van der Waals surface area contributed by atoms with Crippen LogP contribution in [0.5, 0.6) is 0 Å². The molecule has 0 amide bonds. The van der Waals surface area contributed by atoms with Gasteiger partial charge in [0, 0.05) is 25.2 Å². The fraction of sp³-hybridized carbons (Fsp3) is 0.650. The van der Waals surface area contributed by atoms with E-state index >= 15 is 0 Å². The van der Waals surface area contributed by atoms with Crippen LogP contribution in [0, 0.1) is 16.7 Å². The van der Waals surface area contributed by atoms with Crippen molar-refractivity contribution in [3.63, 3.8) is 0 Å². The molecule has 2 aliphatic carbocycles. The number of rotatable bonds is 6. The number of carbonyl (C=O) groups excluding carboxylic acids is 1. The van der Waals surface area contributed by atoms with Crippen molar-refractivity contribution >= 4 is 31.5 Å². The molecule has 3 aliphatic rings. The Morgan fingerprint density at radius 1 is 1.10 bits per heavy atom. The number of nitrogens with zero attached hydrogens (tertiary/aromatic N) is 1. The predicted octanol–water partition coefficient (Wildman–Crippen LogP) is 1.84. The van der Waals surface area contributed by atoms with E-state index in [0.29, 0.717) is 39.1 Å². The number of hydrogen-bond donors (Lipinski definition) is 1. The third-order valence-electron chi connectivity index (χ3n) is 7.31. The minimum Gasteiger partial charge on any atom is -0.379 e. The molecule has 8 nitrogen and oxygen atoms in total. The molecule has 3 fully saturated rings. The van der Waals surface area contributed by atoms with E-state index in [1.807, 2.05) is 13.8 Å². The van der Waals surface area contributed by atoms with Crippen LogP contribution in [0.1, 0.15) is 33.1 Å². The lowest BCUT2D eigenvalue weighted by molar-refractivity contribution is -0.128. The maximum atomic E-state index is 12.9. The summed E-state index contributed by atoms with van der Waals surface area (Å²) in [6.07, 6.45) is 1.93. The molecule has 1 aromatic carbocycles. The highest BCUT2D eigenvalue weighted by Gasteiger charge is 2.65. The van der Waals surface area contributed by atoms with Crippen molar-refractivity contribution in [2.75, 3.05) is 36.8 Å². The zero-order valence-corrected chi connectivity index (χ0v) is 18.9. The highest BCUT2D eigenvalue weighted by Crippen LogP contribution is 2.64. The lowest BCUT2D eigenvalue weighted by Crippen LogP contribution is -2.43. The summed E-state index contributed by atoms with van der Waals surface area (Å²) in [6, 6.07) is 5.69. The number of carbonyl (C=O) groups is 1. The van der Waals surface area contributed by atoms with Gasteiger partial charge < -0.3 is 4.74 Å². The van der Waals surface area contributed by atoms with Crippen LogP contribution in [-0.2, 0) is 29.6 Å². The maximum Gasteiger partial charge on any atom is 0.243 e. The third-order valence-corrected chi connectivity index (χ3v) is 10.6. The van der Waals surface area contributed by atoms with Crippen molar-refractivity contribution in [1.82, 2.24) is 4.31 Å². The van der Waals surface area contributed by atoms with Crippen LogP contribution < -0.4 is 4.72 Å². The Morgan fingerprint density at radius 2 is 1.73 bits per heavy atom. The van der Waals surface area contributed by atoms with Crippen LogP contribution in [0.15, 0.2) is 29.2 Å². The number of nitrogens with one attached hydrogen (secondary N) is 1. The van der Waals surface area contributed by atoms with Gasteiger partial charge in [-0.05, 0) is 48.4 Å². The Morgan fingerprint density at radius 3 is 2.27 bits per heavy atom. The van der Waals surface area contributed by atoms with Crippen LogP contribution in [0.3, 0.4) is 0 Å². The second-order valence-corrected chi connectivity index (χ2v) is 12.7. The van der Waals surface area contributed by atoms with E-state index in [4.69, 9.17) is 4.74 Å². The lowest BCUT2D eigenvalue weighted by atomic mass is 9.70. The Bertz CT molecular complexity index is 1040. The number of ketones is 1. The van der Waals surface area contributed by atoms with Crippen molar-refractivity contribution in [3.8, 4) is 0 Å². The van der Waals surface area contributed by atoms with Gasteiger partial charge in [-0.25, -0.2) is 16.8 Å².